The summed E-state index contributed by atoms with van der Waals surface area (Å²) in [6.07, 6.45) is 7.24. The predicted molar refractivity (Wildman–Crippen MR) is 224 cm³/mol. The minimum absolute atomic E-state index is 0.0132. The molecule has 0 bridgehead atoms. The van der Waals surface area contributed by atoms with Crippen LogP contribution in [0.2, 0.25) is 0 Å². The van der Waals surface area contributed by atoms with Crippen LogP contribution in [0, 0.1) is 27.6 Å². The average molecular weight is 803 g/mol. The van der Waals surface area contributed by atoms with Gasteiger partial charge in [0.2, 0.25) is 0 Å². The molecule has 0 saturated heterocycles. The molecule has 0 aliphatic rings. The quantitative estimate of drug-likeness (QED) is 0.0812. The Morgan fingerprint density at radius 3 is 1.62 bits per heavy atom. The molecule has 0 aliphatic carbocycles. The molecule has 0 fully saturated rings. The van der Waals surface area contributed by atoms with Crippen LogP contribution >= 0.6 is 0 Å². The molecule has 0 aliphatic heterocycles. The maximum absolute atomic E-state index is 13.2. The largest absolute Gasteiger partial charge is 0.466 e. The molecule has 58 heavy (non-hydrogen) atoms. The summed E-state index contributed by atoms with van der Waals surface area (Å²) in [6, 6.07) is 10.4. The van der Waals surface area contributed by atoms with Gasteiger partial charge in [0.1, 0.15) is 0 Å². The van der Waals surface area contributed by atoms with Crippen LogP contribution in [-0.2, 0) is 49.8 Å². The fourth-order valence-corrected chi connectivity index (χ4v) is 7.52. The Morgan fingerprint density at radius 2 is 1.16 bits per heavy atom. The van der Waals surface area contributed by atoms with Gasteiger partial charge < -0.3 is 9.47 Å². The van der Waals surface area contributed by atoms with E-state index in [0.29, 0.717) is 39.3 Å². The maximum Gasteiger partial charge on any atom is 0.312 e. The molecule has 1 N–H and O–H groups in total. The third-order valence-corrected chi connectivity index (χ3v) is 13.6. The molecule has 2 atom stereocenters. The SMILES string of the molecule is CCOC(=O)C(C)(C)C(C)(C)CC(C)C(C)(C)n1cc(CN(Cc2cn(C(C)(C)C(CC(C)(C)C(C)(C)C(=O)OCC)c3ccccc3)nn2)Cc2cn[nH]n2)nn1. The van der Waals surface area contributed by atoms with Crippen LogP contribution < -0.4 is 0 Å². The molecular formula is C44H70N10O4. The van der Waals surface area contributed by atoms with Gasteiger partial charge in [0.25, 0.3) is 0 Å². The van der Waals surface area contributed by atoms with Gasteiger partial charge in [0.15, 0.2) is 0 Å². The second kappa shape index (κ2) is 17.8. The fourth-order valence-electron chi connectivity index (χ4n) is 7.52. The highest BCUT2D eigenvalue weighted by molar-refractivity contribution is 5.77. The first-order chi connectivity index (χ1) is 26.9. The lowest BCUT2D eigenvalue weighted by Gasteiger charge is -2.45. The van der Waals surface area contributed by atoms with Gasteiger partial charge in [0, 0.05) is 25.6 Å². The average Bonchev–Trinajstić information content (AvgIpc) is 3.95. The van der Waals surface area contributed by atoms with Crippen LogP contribution in [-0.4, -0.2) is 75.5 Å². The summed E-state index contributed by atoms with van der Waals surface area (Å²) in [4.78, 5) is 28.4. The number of hydrogen-bond acceptors (Lipinski definition) is 11. The molecule has 4 rings (SSSR count). The van der Waals surface area contributed by atoms with E-state index >= 15 is 0 Å². The molecule has 3 aromatic heterocycles. The molecular weight excluding hydrogens is 733 g/mol. The van der Waals surface area contributed by atoms with E-state index in [1.165, 1.54) is 0 Å². The number of aromatic amines is 1. The standard InChI is InChI=1S/C44H70N10O4/c1-16-57-37(55)41(8,9)39(4,5)23-31(3)43(12,13)53-29-34(47-50-53)27-52(26-33-25-45-49-46-33)28-35-30-54(51-48-35)44(14,15)36(32-21-19-18-20-22-32)24-40(6,7)42(10,11)38(56)58-17-2/h18-22,25,29-31,36H,16-17,23-24,26-28H2,1-15H3,(H,45,46,49). The number of rotatable bonds is 21. The van der Waals surface area contributed by atoms with Crippen molar-refractivity contribution in [2.75, 3.05) is 13.2 Å². The first-order valence-electron chi connectivity index (χ1n) is 20.7. The highest BCUT2D eigenvalue weighted by atomic mass is 16.5. The predicted octanol–water partition coefficient (Wildman–Crippen LogP) is 8.09. The van der Waals surface area contributed by atoms with E-state index in [4.69, 9.17) is 19.8 Å². The first kappa shape index (κ1) is 46.2. The van der Waals surface area contributed by atoms with E-state index < -0.39 is 27.3 Å². The molecule has 0 spiro atoms. The number of benzene rings is 1. The monoisotopic (exact) mass is 803 g/mol. The zero-order chi connectivity index (χ0) is 43.3. The van der Waals surface area contributed by atoms with Crippen molar-refractivity contribution in [1.82, 2.24) is 50.3 Å². The number of carbonyl (C=O) groups excluding carboxylic acids is 2. The van der Waals surface area contributed by atoms with Gasteiger partial charge in [-0.1, -0.05) is 75.4 Å². The van der Waals surface area contributed by atoms with Crippen molar-refractivity contribution in [3.8, 4) is 0 Å². The highest BCUT2D eigenvalue weighted by Gasteiger charge is 2.49. The van der Waals surface area contributed by atoms with E-state index in [-0.39, 0.29) is 29.2 Å². The second-order valence-corrected chi connectivity index (χ2v) is 19.5. The summed E-state index contributed by atoms with van der Waals surface area (Å²) in [5.41, 5.74) is 0.482. The Labute approximate surface area is 346 Å². The van der Waals surface area contributed by atoms with Gasteiger partial charge in [-0.2, -0.15) is 15.4 Å². The zero-order valence-corrected chi connectivity index (χ0v) is 37.9. The summed E-state index contributed by atoms with van der Waals surface area (Å²) >= 11 is 0. The molecule has 0 radical (unpaired) electrons. The Bertz CT molecular complexity index is 1930. The van der Waals surface area contributed by atoms with Gasteiger partial charge in [-0.15, -0.1) is 10.2 Å². The van der Waals surface area contributed by atoms with Crippen molar-refractivity contribution in [2.24, 2.45) is 27.6 Å². The summed E-state index contributed by atoms with van der Waals surface area (Å²) in [7, 11) is 0. The van der Waals surface area contributed by atoms with Crippen LogP contribution in [0.25, 0.3) is 0 Å². The Balaban J connectivity index is 1.58. The number of nitrogens with zero attached hydrogens (tertiary/aromatic N) is 9. The van der Waals surface area contributed by atoms with E-state index in [1.54, 1.807) is 6.20 Å². The zero-order valence-electron chi connectivity index (χ0n) is 37.9. The summed E-state index contributed by atoms with van der Waals surface area (Å²) in [6.45, 7) is 33.2. The van der Waals surface area contributed by atoms with Crippen molar-refractivity contribution in [2.45, 2.75) is 153 Å². The van der Waals surface area contributed by atoms with Crippen molar-refractivity contribution in [3.63, 3.8) is 0 Å². The second-order valence-electron chi connectivity index (χ2n) is 19.5. The maximum atomic E-state index is 13.2. The highest BCUT2D eigenvalue weighted by Crippen LogP contribution is 2.50. The molecule has 2 unspecified atom stereocenters. The molecule has 3 heterocycles. The molecule has 0 amide bonds. The van der Waals surface area contributed by atoms with Crippen molar-refractivity contribution in [1.29, 1.82) is 0 Å². The molecule has 4 aromatic rings. The van der Waals surface area contributed by atoms with Crippen LogP contribution in [0.4, 0.5) is 0 Å². The van der Waals surface area contributed by atoms with Crippen molar-refractivity contribution in [3.05, 3.63) is 71.6 Å². The fraction of sp³-hybridized carbons (Fsp3) is 0.682. The topological polar surface area (TPSA) is 159 Å². The van der Waals surface area contributed by atoms with Crippen molar-refractivity contribution < 1.29 is 19.1 Å². The lowest BCUT2D eigenvalue weighted by Crippen LogP contribution is -2.45. The molecule has 14 heteroatoms. The lowest BCUT2D eigenvalue weighted by atomic mass is 9.61. The van der Waals surface area contributed by atoms with Crippen LogP contribution in [0.5, 0.6) is 0 Å². The lowest BCUT2D eigenvalue weighted by molar-refractivity contribution is -0.162. The van der Waals surface area contributed by atoms with Gasteiger partial charge in [0.05, 0.1) is 70.8 Å². The normalized spacial score (nSPS) is 14.4. The summed E-state index contributed by atoms with van der Waals surface area (Å²) < 4.78 is 14.9. The number of nitrogens with one attached hydrogen (secondary N) is 1. The minimum Gasteiger partial charge on any atom is -0.466 e. The smallest absolute Gasteiger partial charge is 0.312 e. The molecule has 0 saturated carbocycles. The van der Waals surface area contributed by atoms with E-state index in [9.17, 15) is 9.59 Å². The van der Waals surface area contributed by atoms with Crippen LogP contribution in [0.3, 0.4) is 0 Å². The van der Waals surface area contributed by atoms with E-state index in [1.807, 2.05) is 69.4 Å². The van der Waals surface area contributed by atoms with Gasteiger partial charge >= 0.3 is 11.9 Å². The number of aromatic nitrogens is 9. The van der Waals surface area contributed by atoms with E-state index in [0.717, 1.165) is 29.1 Å². The first-order valence-corrected chi connectivity index (χ1v) is 20.7. The Hall–Kier alpha value is -4.46. The number of esters is 2. The Morgan fingerprint density at radius 1 is 0.690 bits per heavy atom. The number of H-pyrrole nitrogens is 1. The number of ether oxygens (including phenoxy) is 2. The minimum atomic E-state index is -0.728. The third kappa shape index (κ3) is 10.0. The van der Waals surface area contributed by atoms with Crippen molar-refractivity contribution >= 4 is 11.9 Å². The Kier molecular flexibility index (Phi) is 14.2. The van der Waals surface area contributed by atoms with Gasteiger partial charge in [-0.05, 0) is 104 Å². The third-order valence-electron chi connectivity index (χ3n) is 13.6. The summed E-state index contributed by atoms with van der Waals surface area (Å²) in [5.74, 6) is -0.242. The molecule has 320 valence electrons. The van der Waals surface area contributed by atoms with Gasteiger partial charge in [-0.3, -0.25) is 14.5 Å². The van der Waals surface area contributed by atoms with Gasteiger partial charge in [-0.25, -0.2) is 9.36 Å². The molecule has 14 nitrogen and oxygen atoms in total. The molecule has 1 aromatic carbocycles. The number of hydrogen-bond donors (Lipinski definition) is 1. The number of carbonyl (C=O) groups is 2. The summed E-state index contributed by atoms with van der Waals surface area (Å²) in [5, 5.41) is 29.8. The van der Waals surface area contributed by atoms with Crippen LogP contribution in [0.15, 0.2) is 48.9 Å². The van der Waals surface area contributed by atoms with Crippen LogP contribution in [0.1, 0.15) is 145 Å². The van der Waals surface area contributed by atoms with E-state index in [2.05, 4.69) is 117 Å².